The van der Waals surface area contributed by atoms with Crippen molar-refractivity contribution < 1.29 is 9.21 Å². The molecule has 0 radical (unpaired) electrons. The number of likely N-dealkylation sites (tertiary alicyclic amines) is 1. The Morgan fingerprint density at radius 1 is 1.42 bits per heavy atom. The molecule has 1 atom stereocenters. The van der Waals surface area contributed by atoms with Crippen molar-refractivity contribution in [2.75, 3.05) is 6.54 Å². The van der Waals surface area contributed by atoms with Gasteiger partial charge in [0.25, 0.3) is 0 Å². The van der Waals surface area contributed by atoms with E-state index in [1.54, 1.807) is 4.90 Å². The highest BCUT2D eigenvalue weighted by atomic mass is 16.4. The number of amides is 1. The summed E-state index contributed by atoms with van der Waals surface area (Å²) in [5.74, 6) is -0.130. The summed E-state index contributed by atoms with van der Waals surface area (Å²) < 4.78 is 6.30. The predicted octanol–water partition coefficient (Wildman–Crippen LogP) is 1.36. The summed E-state index contributed by atoms with van der Waals surface area (Å²) in [6.45, 7) is 6.70. The number of aromatic nitrogens is 2. The third kappa shape index (κ3) is 2.72. The number of hydrogen-bond donors (Lipinski definition) is 0. The zero-order chi connectivity index (χ0) is 14.0. The number of nitrogens with zero attached hydrogens (tertiary/aromatic N) is 3. The van der Waals surface area contributed by atoms with Crippen LogP contribution in [-0.4, -0.2) is 33.2 Å². The van der Waals surface area contributed by atoms with Gasteiger partial charge in [0.15, 0.2) is 0 Å². The van der Waals surface area contributed by atoms with E-state index in [2.05, 4.69) is 5.10 Å². The van der Waals surface area contributed by atoms with Gasteiger partial charge in [0, 0.05) is 19.0 Å². The number of rotatable bonds is 4. The number of hydrogen-bond acceptors (Lipinski definition) is 4. The fourth-order valence-corrected chi connectivity index (χ4v) is 2.46. The molecule has 6 nitrogen and oxygen atoms in total. The highest BCUT2D eigenvalue weighted by Crippen LogP contribution is 2.22. The molecule has 0 unspecified atom stereocenters. The molecule has 1 fully saturated rings. The standard InChI is InChI=1S/C13H21N3O3/c1-4-6-11-14-16(13(18)19-11)10-7-5-8-15(9(2)3)12(10)17/h9-10H,4-8H2,1-3H3/t10-/m0/s1. The smallest absolute Gasteiger partial charge is 0.392 e. The molecule has 1 aliphatic heterocycles. The molecule has 0 bridgehead atoms. The first-order valence-corrected chi connectivity index (χ1v) is 6.93. The summed E-state index contributed by atoms with van der Waals surface area (Å²) in [5.41, 5.74) is 0. The van der Waals surface area contributed by atoms with Crippen LogP contribution in [-0.2, 0) is 11.2 Å². The Labute approximate surface area is 112 Å². The van der Waals surface area contributed by atoms with Crippen molar-refractivity contribution in [2.45, 2.75) is 58.5 Å². The molecule has 6 heteroatoms. The summed E-state index contributed by atoms with van der Waals surface area (Å²) in [4.78, 5) is 26.0. The predicted molar refractivity (Wildman–Crippen MR) is 69.9 cm³/mol. The molecule has 1 saturated heterocycles. The second kappa shape index (κ2) is 5.59. The van der Waals surface area contributed by atoms with Crippen molar-refractivity contribution in [1.29, 1.82) is 0 Å². The van der Waals surface area contributed by atoms with Crippen LogP contribution in [0.2, 0.25) is 0 Å². The SMILES string of the molecule is CCCc1nn([C@H]2CCCN(C(C)C)C2=O)c(=O)o1. The lowest BCUT2D eigenvalue weighted by Crippen LogP contribution is -2.47. The Balaban J connectivity index is 2.25. The lowest BCUT2D eigenvalue weighted by atomic mass is 10.0. The minimum atomic E-state index is -0.521. The van der Waals surface area contributed by atoms with Gasteiger partial charge < -0.3 is 9.32 Å². The van der Waals surface area contributed by atoms with Crippen molar-refractivity contribution in [2.24, 2.45) is 0 Å². The van der Waals surface area contributed by atoms with Gasteiger partial charge in [0.05, 0.1) is 0 Å². The van der Waals surface area contributed by atoms with Gasteiger partial charge in [-0.3, -0.25) is 4.79 Å². The van der Waals surface area contributed by atoms with Crippen LogP contribution in [0.15, 0.2) is 9.21 Å². The van der Waals surface area contributed by atoms with Crippen LogP contribution in [0.5, 0.6) is 0 Å². The fraction of sp³-hybridized carbons (Fsp3) is 0.769. The maximum Gasteiger partial charge on any atom is 0.437 e. The van der Waals surface area contributed by atoms with Gasteiger partial charge in [-0.2, -0.15) is 4.68 Å². The van der Waals surface area contributed by atoms with Gasteiger partial charge >= 0.3 is 5.76 Å². The molecule has 1 aromatic heterocycles. The van der Waals surface area contributed by atoms with E-state index in [1.165, 1.54) is 4.68 Å². The Kier molecular flexibility index (Phi) is 4.07. The summed E-state index contributed by atoms with van der Waals surface area (Å²) in [5, 5.41) is 4.16. The molecule has 19 heavy (non-hydrogen) atoms. The third-order valence-corrected chi connectivity index (χ3v) is 3.44. The number of carbonyl (C=O) groups excluding carboxylic acids is 1. The molecule has 0 aliphatic carbocycles. The summed E-state index contributed by atoms with van der Waals surface area (Å²) in [7, 11) is 0. The molecule has 106 valence electrons. The molecule has 1 aromatic rings. The van der Waals surface area contributed by atoms with E-state index in [4.69, 9.17) is 4.42 Å². The lowest BCUT2D eigenvalue weighted by Gasteiger charge is -2.34. The van der Waals surface area contributed by atoms with Crippen LogP contribution in [0.4, 0.5) is 0 Å². The van der Waals surface area contributed by atoms with Gasteiger partial charge in [-0.1, -0.05) is 6.92 Å². The lowest BCUT2D eigenvalue weighted by molar-refractivity contribution is -0.139. The van der Waals surface area contributed by atoms with Crippen LogP contribution in [0.3, 0.4) is 0 Å². The quantitative estimate of drug-likeness (QED) is 0.826. The Hall–Kier alpha value is -1.59. The van der Waals surface area contributed by atoms with E-state index >= 15 is 0 Å². The maximum atomic E-state index is 12.4. The van der Waals surface area contributed by atoms with E-state index in [0.29, 0.717) is 18.7 Å². The molecule has 1 amide bonds. The zero-order valence-corrected chi connectivity index (χ0v) is 11.8. The van der Waals surface area contributed by atoms with Crippen LogP contribution in [0, 0.1) is 0 Å². The van der Waals surface area contributed by atoms with E-state index < -0.39 is 11.8 Å². The summed E-state index contributed by atoms with van der Waals surface area (Å²) >= 11 is 0. The third-order valence-electron chi connectivity index (χ3n) is 3.44. The minimum absolute atomic E-state index is 0.0281. The molecule has 0 aromatic carbocycles. The second-order valence-corrected chi connectivity index (χ2v) is 5.24. The van der Waals surface area contributed by atoms with E-state index in [9.17, 15) is 9.59 Å². The van der Waals surface area contributed by atoms with Crippen molar-refractivity contribution in [3.05, 3.63) is 16.4 Å². The Morgan fingerprint density at radius 2 is 2.16 bits per heavy atom. The molecular weight excluding hydrogens is 246 g/mol. The van der Waals surface area contributed by atoms with Crippen LogP contribution in [0.25, 0.3) is 0 Å². The number of carbonyl (C=O) groups is 1. The van der Waals surface area contributed by atoms with Gasteiger partial charge in [0.1, 0.15) is 6.04 Å². The largest absolute Gasteiger partial charge is 0.437 e. The molecule has 2 rings (SSSR count). The first kappa shape index (κ1) is 13.8. The average molecular weight is 267 g/mol. The highest BCUT2D eigenvalue weighted by Gasteiger charge is 2.33. The Bertz CT molecular complexity index is 503. The second-order valence-electron chi connectivity index (χ2n) is 5.24. The van der Waals surface area contributed by atoms with Gasteiger partial charge in [-0.15, -0.1) is 5.10 Å². The number of aryl methyl sites for hydroxylation is 1. The first-order valence-electron chi connectivity index (χ1n) is 6.93. The molecule has 2 heterocycles. The molecular formula is C13H21N3O3. The van der Waals surface area contributed by atoms with Crippen LogP contribution < -0.4 is 5.76 Å². The maximum absolute atomic E-state index is 12.4. The van der Waals surface area contributed by atoms with Crippen LogP contribution >= 0.6 is 0 Å². The van der Waals surface area contributed by atoms with E-state index in [-0.39, 0.29) is 11.9 Å². The van der Waals surface area contributed by atoms with Crippen molar-refractivity contribution in [3.8, 4) is 0 Å². The van der Waals surface area contributed by atoms with E-state index in [1.807, 2.05) is 20.8 Å². The summed E-state index contributed by atoms with van der Waals surface area (Å²) in [6, 6.07) is -0.356. The van der Waals surface area contributed by atoms with Gasteiger partial charge in [0.2, 0.25) is 11.8 Å². The Morgan fingerprint density at radius 3 is 2.79 bits per heavy atom. The van der Waals surface area contributed by atoms with Gasteiger partial charge in [-0.05, 0) is 33.1 Å². The zero-order valence-electron chi connectivity index (χ0n) is 11.8. The summed E-state index contributed by atoms with van der Waals surface area (Å²) in [6.07, 6.45) is 3.02. The van der Waals surface area contributed by atoms with Crippen molar-refractivity contribution in [1.82, 2.24) is 14.7 Å². The van der Waals surface area contributed by atoms with E-state index in [0.717, 1.165) is 19.4 Å². The molecule has 1 aliphatic rings. The molecule has 0 saturated carbocycles. The molecule has 0 spiro atoms. The highest BCUT2D eigenvalue weighted by molar-refractivity contribution is 5.81. The van der Waals surface area contributed by atoms with Crippen molar-refractivity contribution in [3.63, 3.8) is 0 Å². The topological polar surface area (TPSA) is 68.3 Å². The average Bonchev–Trinajstić information content (AvgIpc) is 2.70. The fourth-order valence-electron chi connectivity index (χ4n) is 2.46. The monoisotopic (exact) mass is 267 g/mol. The van der Waals surface area contributed by atoms with Crippen molar-refractivity contribution >= 4 is 5.91 Å². The first-order chi connectivity index (χ1) is 9.04. The molecule has 0 N–H and O–H groups in total. The van der Waals surface area contributed by atoms with Crippen LogP contribution in [0.1, 0.15) is 52.0 Å². The normalized spacial score (nSPS) is 20.3. The van der Waals surface area contributed by atoms with Gasteiger partial charge in [-0.25, -0.2) is 4.79 Å². The minimum Gasteiger partial charge on any atom is -0.392 e. The number of piperidine rings is 1.